The zero-order valence-electron chi connectivity index (χ0n) is 18.7. The molecular formula is C24H25Cl2N3O6. The molecule has 0 spiro atoms. The van der Waals surface area contributed by atoms with Crippen LogP contribution in [0.25, 0.3) is 6.08 Å². The fourth-order valence-corrected chi connectivity index (χ4v) is 4.08. The molecule has 3 amide bonds. The van der Waals surface area contributed by atoms with Crippen molar-refractivity contribution in [3.8, 4) is 0 Å². The molecular weight excluding hydrogens is 497 g/mol. The van der Waals surface area contributed by atoms with Crippen LogP contribution in [0, 0.1) is 5.92 Å². The molecule has 1 saturated carbocycles. The van der Waals surface area contributed by atoms with Crippen LogP contribution in [0.3, 0.4) is 0 Å². The Morgan fingerprint density at radius 1 is 1.14 bits per heavy atom. The maximum Gasteiger partial charge on any atom is 0.326 e. The topological polar surface area (TPSA) is 138 Å². The van der Waals surface area contributed by atoms with Crippen LogP contribution in [0.4, 0.5) is 0 Å². The van der Waals surface area contributed by atoms with Gasteiger partial charge in [0.15, 0.2) is 0 Å². The van der Waals surface area contributed by atoms with Gasteiger partial charge < -0.3 is 25.5 Å². The molecule has 1 aromatic carbocycles. The molecule has 4 N–H and O–H groups in total. The number of hydrogen-bond acceptors (Lipinski definition) is 5. The lowest BCUT2D eigenvalue weighted by atomic mass is 9.85. The molecule has 11 heteroatoms. The van der Waals surface area contributed by atoms with E-state index in [4.69, 9.17) is 27.6 Å². The largest absolute Gasteiger partial charge is 0.480 e. The summed E-state index contributed by atoms with van der Waals surface area (Å²) in [5, 5.41) is 17.2. The van der Waals surface area contributed by atoms with Crippen molar-refractivity contribution in [3.05, 3.63) is 63.5 Å². The summed E-state index contributed by atoms with van der Waals surface area (Å²) in [6.45, 7) is 0.210. The molecule has 2 aromatic rings. The van der Waals surface area contributed by atoms with Crippen LogP contribution in [0.15, 0.2) is 41.0 Å². The van der Waals surface area contributed by atoms with Crippen molar-refractivity contribution in [2.45, 2.75) is 38.3 Å². The van der Waals surface area contributed by atoms with Crippen molar-refractivity contribution in [1.82, 2.24) is 16.0 Å². The number of nitrogens with one attached hydrogen (secondary N) is 3. The lowest BCUT2D eigenvalue weighted by Crippen LogP contribution is -2.44. The van der Waals surface area contributed by atoms with Gasteiger partial charge in [0.25, 0.3) is 5.91 Å². The first kappa shape index (κ1) is 26.3. The van der Waals surface area contributed by atoms with E-state index in [1.807, 2.05) is 0 Å². The number of furan rings is 1. The molecule has 186 valence electrons. The summed E-state index contributed by atoms with van der Waals surface area (Å²) in [6.07, 6.45) is 7.01. The molecule has 1 atom stereocenters. The van der Waals surface area contributed by atoms with Crippen molar-refractivity contribution < 1.29 is 28.7 Å². The van der Waals surface area contributed by atoms with Crippen molar-refractivity contribution in [1.29, 1.82) is 0 Å². The van der Waals surface area contributed by atoms with E-state index < -0.39 is 17.9 Å². The number of carboxylic acid groups (broad SMARTS) is 1. The second-order valence-electron chi connectivity index (χ2n) is 8.07. The summed E-state index contributed by atoms with van der Waals surface area (Å²) in [4.78, 5) is 48.2. The SMILES string of the molecule is O=C(/C=C/c1ccco1)NCc1cc(Cl)c(C(=O)N[C@@H](CCNC(=O)C2CCC2)C(=O)O)c(Cl)c1. The van der Waals surface area contributed by atoms with E-state index in [1.165, 1.54) is 30.5 Å². The molecule has 0 aliphatic heterocycles. The van der Waals surface area contributed by atoms with Crippen LogP contribution >= 0.6 is 23.2 Å². The van der Waals surface area contributed by atoms with Crippen LogP contribution in [0.5, 0.6) is 0 Å². The normalized spacial score (nSPS) is 14.2. The van der Waals surface area contributed by atoms with E-state index in [9.17, 15) is 24.3 Å². The predicted octanol–water partition coefficient (Wildman–Crippen LogP) is 3.41. The van der Waals surface area contributed by atoms with Gasteiger partial charge in [-0.3, -0.25) is 14.4 Å². The van der Waals surface area contributed by atoms with E-state index in [2.05, 4.69) is 16.0 Å². The zero-order chi connectivity index (χ0) is 25.4. The minimum atomic E-state index is -1.24. The summed E-state index contributed by atoms with van der Waals surface area (Å²) in [6, 6.07) is 5.09. The molecule has 1 aliphatic rings. The summed E-state index contributed by atoms with van der Waals surface area (Å²) in [7, 11) is 0. The highest BCUT2D eigenvalue weighted by Crippen LogP contribution is 2.27. The lowest BCUT2D eigenvalue weighted by molar-refractivity contribution is -0.139. The Morgan fingerprint density at radius 3 is 2.43 bits per heavy atom. The predicted molar refractivity (Wildman–Crippen MR) is 130 cm³/mol. The smallest absolute Gasteiger partial charge is 0.326 e. The highest BCUT2D eigenvalue weighted by Gasteiger charge is 2.27. The Labute approximate surface area is 211 Å². The molecule has 1 heterocycles. The van der Waals surface area contributed by atoms with Crippen molar-refractivity contribution in [2.75, 3.05) is 6.54 Å². The molecule has 3 rings (SSSR count). The molecule has 0 radical (unpaired) electrons. The highest BCUT2D eigenvalue weighted by atomic mass is 35.5. The number of hydrogen-bond donors (Lipinski definition) is 4. The minimum Gasteiger partial charge on any atom is -0.480 e. The third-order valence-electron chi connectivity index (χ3n) is 5.55. The summed E-state index contributed by atoms with van der Waals surface area (Å²) in [5.41, 5.74) is 0.468. The van der Waals surface area contributed by atoms with Gasteiger partial charge >= 0.3 is 5.97 Å². The van der Waals surface area contributed by atoms with Gasteiger partial charge in [0, 0.05) is 25.1 Å². The average Bonchev–Trinajstić information content (AvgIpc) is 3.27. The van der Waals surface area contributed by atoms with Gasteiger partial charge in [0.05, 0.1) is 21.9 Å². The van der Waals surface area contributed by atoms with Crippen molar-refractivity contribution >= 4 is 53.0 Å². The Hall–Kier alpha value is -3.30. The van der Waals surface area contributed by atoms with Gasteiger partial charge in [-0.1, -0.05) is 29.6 Å². The third kappa shape index (κ3) is 7.60. The molecule has 0 unspecified atom stereocenters. The molecule has 0 saturated heterocycles. The van der Waals surface area contributed by atoms with Crippen LogP contribution in [-0.2, 0) is 20.9 Å². The Balaban J connectivity index is 1.55. The van der Waals surface area contributed by atoms with E-state index in [1.54, 1.807) is 12.1 Å². The number of aliphatic carboxylic acids is 1. The van der Waals surface area contributed by atoms with Gasteiger partial charge in [-0.15, -0.1) is 0 Å². The molecule has 1 aliphatic carbocycles. The van der Waals surface area contributed by atoms with E-state index in [0.29, 0.717) is 11.3 Å². The van der Waals surface area contributed by atoms with Gasteiger partial charge in [0.1, 0.15) is 11.8 Å². The van der Waals surface area contributed by atoms with Crippen molar-refractivity contribution in [2.24, 2.45) is 5.92 Å². The summed E-state index contributed by atoms with van der Waals surface area (Å²) in [5.74, 6) is -1.95. The lowest BCUT2D eigenvalue weighted by Gasteiger charge is -2.24. The quantitative estimate of drug-likeness (QED) is 0.334. The fraction of sp³-hybridized carbons (Fsp3) is 0.333. The van der Waals surface area contributed by atoms with Gasteiger partial charge in [-0.05, 0) is 55.2 Å². The highest BCUT2D eigenvalue weighted by molar-refractivity contribution is 6.39. The Kier molecular flexibility index (Phi) is 9.33. The maximum absolute atomic E-state index is 12.7. The standard InChI is InChI=1S/C24H25Cl2N3O6/c25-17-11-14(13-28-20(30)7-6-16-5-2-10-35-16)12-18(26)21(17)23(32)29-19(24(33)34)8-9-27-22(31)15-3-1-4-15/h2,5-7,10-12,15,19H,1,3-4,8-9,13H2,(H,27,31)(H,28,30)(H,29,32)(H,33,34)/b7-6+/t19-/m0/s1. The second kappa shape index (κ2) is 12.4. The molecule has 0 bridgehead atoms. The van der Waals surface area contributed by atoms with Crippen LogP contribution in [-0.4, -0.2) is 41.4 Å². The van der Waals surface area contributed by atoms with Gasteiger partial charge in [-0.2, -0.15) is 0 Å². The van der Waals surface area contributed by atoms with E-state index in [0.717, 1.165) is 19.3 Å². The number of halogens is 2. The van der Waals surface area contributed by atoms with Crippen molar-refractivity contribution in [3.63, 3.8) is 0 Å². The first-order chi connectivity index (χ1) is 16.7. The summed E-state index contributed by atoms with van der Waals surface area (Å²) < 4.78 is 5.11. The zero-order valence-corrected chi connectivity index (χ0v) is 20.2. The molecule has 9 nitrogen and oxygen atoms in total. The Bertz CT molecular complexity index is 1090. The average molecular weight is 522 g/mol. The minimum absolute atomic E-state index is 0.00437. The number of rotatable bonds is 11. The molecule has 1 fully saturated rings. The van der Waals surface area contributed by atoms with E-state index >= 15 is 0 Å². The molecule has 1 aromatic heterocycles. The van der Waals surface area contributed by atoms with Gasteiger partial charge in [-0.25, -0.2) is 4.79 Å². The fourth-order valence-electron chi connectivity index (χ4n) is 3.38. The number of carbonyl (C=O) groups is 4. The monoisotopic (exact) mass is 521 g/mol. The van der Waals surface area contributed by atoms with Gasteiger partial charge in [0.2, 0.25) is 11.8 Å². The molecule has 35 heavy (non-hydrogen) atoms. The van der Waals surface area contributed by atoms with Crippen LogP contribution < -0.4 is 16.0 Å². The first-order valence-corrected chi connectivity index (χ1v) is 11.8. The number of carbonyl (C=O) groups excluding carboxylic acids is 3. The second-order valence-corrected chi connectivity index (χ2v) is 8.89. The number of benzene rings is 1. The van der Waals surface area contributed by atoms with Crippen LogP contribution in [0.1, 0.15) is 47.4 Å². The summed E-state index contributed by atoms with van der Waals surface area (Å²) >= 11 is 12.5. The number of amides is 3. The first-order valence-electron chi connectivity index (χ1n) is 11.0. The van der Waals surface area contributed by atoms with E-state index in [-0.39, 0.29) is 52.9 Å². The maximum atomic E-state index is 12.7. The van der Waals surface area contributed by atoms with Crippen LogP contribution in [0.2, 0.25) is 10.0 Å². The Morgan fingerprint density at radius 2 is 1.86 bits per heavy atom. The number of carboxylic acids is 1. The third-order valence-corrected chi connectivity index (χ3v) is 6.15.